The zero-order valence-electron chi connectivity index (χ0n) is 11.8. The summed E-state index contributed by atoms with van der Waals surface area (Å²) in [4.78, 5) is 2.09. The molecule has 112 valence electrons. The fourth-order valence-corrected chi connectivity index (χ4v) is 3.69. The van der Waals surface area contributed by atoms with E-state index in [1.807, 2.05) is 0 Å². The molecule has 0 spiro atoms. The minimum atomic E-state index is -4.08. The van der Waals surface area contributed by atoms with E-state index >= 15 is 0 Å². The van der Waals surface area contributed by atoms with Crippen molar-refractivity contribution in [2.24, 2.45) is 17.8 Å². The van der Waals surface area contributed by atoms with Gasteiger partial charge in [-0.3, -0.25) is 4.90 Å². The molecule has 3 atom stereocenters. The van der Waals surface area contributed by atoms with Crippen LogP contribution in [0.15, 0.2) is 0 Å². The monoisotopic (exact) mass is 278 g/mol. The van der Waals surface area contributed by atoms with E-state index in [0.29, 0.717) is 24.4 Å². The molecular formula is C14H25F3N2. The molecule has 1 saturated heterocycles. The third-order valence-electron chi connectivity index (χ3n) is 4.55. The first-order valence-electron chi connectivity index (χ1n) is 7.37. The Kier molecular flexibility index (Phi) is 4.77. The van der Waals surface area contributed by atoms with Gasteiger partial charge in [-0.2, -0.15) is 13.2 Å². The van der Waals surface area contributed by atoms with Crippen LogP contribution in [0.1, 0.15) is 33.1 Å². The molecule has 0 amide bonds. The van der Waals surface area contributed by atoms with Crippen molar-refractivity contribution in [2.45, 2.75) is 45.3 Å². The van der Waals surface area contributed by atoms with Crippen LogP contribution in [-0.2, 0) is 0 Å². The van der Waals surface area contributed by atoms with Crippen LogP contribution in [0.2, 0.25) is 0 Å². The standard InChI is InChI=1S/C14H25F3N2/c1-10-5-11(2)7-13(6-10)19-4-3-18-8-12(9-19)14(15,16)17/h10-13,18H,3-9H2,1-2H3. The molecule has 1 aliphatic carbocycles. The number of alkyl halides is 3. The number of hydrogen-bond donors (Lipinski definition) is 1. The van der Waals surface area contributed by atoms with Crippen molar-refractivity contribution in [2.75, 3.05) is 26.2 Å². The Balaban J connectivity index is 2.01. The zero-order chi connectivity index (χ0) is 14.0. The molecule has 0 aromatic rings. The van der Waals surface area contributed by atoms with E-state index in [2.05, 4.69) is 24.1 Å². The van der Waals surface area contributed by atoms with E-state index in [0.717, 1.165) is 19.4 Å². The fraction of sp³-hybridized carbons (Fsp3) is 1.00. The topological polar surface area (TPSA) is 15.3 Å². The summed E-state index contributed by atoms with van der Waals surface area (Å²) in [5.74, 6) is 0.0473. The van der Waals surface area contributed by atoms with Crippen molar-refractivity contribution in [1.82, 2.24) is 10.2 Å². The van der Waals surface area contributed by atoms with Gasteiger partial charge in [-0.1, -0.05) is 13.8 Å². The van der Waals surface area contributed by atoms with Gasteiger partial charge in [0.05, 0.1) is 5.92 Å². The molecule has 2 aliphatic rings. The Hall–Kier alpha value is -0.290. The molecule has 2 rings (SSSR count). The SMILES string of the molecule is CC1CC(C)CC(N2CCNCC(C(F)(F)F)C2)C1. The largest absolute Gasteiger partial charge is 0.394 e. The van der Waals surface area contributed by atoms with E-state index < -0.39 is 12.1 Å². The molecule has 2 nitrogen and oxygen atoms in total. The maximum Gasteiger partial charge on any atom is 0.394 e. The highest BCUT2D eigenvalue weighted by molar-refractivity contribution is 4.87. The summed E-state index contributed by atoms with van der Waals surface area (Å²) in [6.07, 6.45) is -0.767. The maximum absolute atomic E-state index is 12.9. The van der Waals surface area contributed by atoms with Gasteiger partial charge in [0.25, 0.3) is 0 Å². The lowest BCUT2D eigenvalue weighted by molar-refractivity contribution is -0.177. The average molecular weight is 278 g/mol. The first-order chi connectivity index (χ1) is 8.86. The van der Waals surface area contributed by atoms with Gasteiger partial charge in [0, 0.05) is 32.2 Å². The lowest BCUT2D eigenvalue weighted by atomic mass is 9.79. The zero-order valence-corrected chi connectivity index (χ0v) is 11.8. The van der Waals surface area contributed by atoms with Gasteiger partial charge in [-0.15, -0.1) is 0 Å². The summed E-state index contributed by atoms with van der Waals surface area (Å²) in [5.41, 5.74) is 0. The molecule has 1 N–H and O–H groups in total. The second kappa shape index (κ2) is 6.00. The van der Waals surface area contributed by atoms with Gasteiger partial charge in [-0.25, -0.2) is 0 Å². The predicted octanol–water partition coefficient (Wildman–Crippen LogP) is 2.89. The molecule has 0 aromatic carbocycles. The normalized spacial score (nSPS) is 39.0. The van der Waals surface area contributed by atoms with Gasteiger partial charge >= 0.3 is 6.18 Å². The Labute approximate surface area is 113 Å². The van der Waals surface area contributed by atoms with Crippen molar-refractivity contribution in [1.29, 1.82) is 0 Å². The van der Waals surface area contributed by atoms with Crippen LogP contribution in [0.5, 0.6) is 0 Å². The van der Waals surface area contributed by atoms with Crippen LogP contribution in [0.4, 0.5) is 13.2 Å². The lowest BCUT2D eigenvalue weighted by Crippen LogP contribution is -2.45. The third kappa shape index (κ3) is 4.09. The molecule has 0 aromatic heterocycles. The number of nitrogens with one attached hydrogen (secondary N) is 1. The molecule has 2 fully saturated rings. The average Bonchev–Trinajstić information content (AvgIpc) is 2.52. The van der Waals surface area contributed by atoms with Gasteiger partial charge in [-0.05, 0) is 31.1 Å². The molecule has 3 unspecified atom stereocenters. The van der Waals surface area contributed by atoms with Gasteiger partial charge < -0.3 is 5.32 Å². The molecule has 5 heteroatoms. The van der Waals surface area contributed by atoms with E-state index in [4.69, 9.17) is 0 Å². The summed E-state index contributed by atoms with van der Waals surface area (Å²) in [6.45, 7) is 6.10. The van der Waals surface area contributed by atoms with Gasteiger partial charge in [0.15, 0.2) is 0 Å². The fourth-order valence-electron chi connectivity index (χ4n) is 3.69. The minimum absolute atomic E-state index is 0.0673. The highest BCUT2D eigenvalue weighted by atomic mass is 19.4. The van der Waals surface area contributed by atoms with Crippen LogP contribution in [0.3, 0.4) is 0 Å². The van der Waals surface area contributed by atoms with Crippen LogP contribution < -0.4 is 5.32 Å². The van der Waals surface area contributed by atoms with Crippen LogP contribution in [-0.4, -0.2) is 43.3 Å². The van der Waals surface area contributed by atoms with E-state index in [1.165, 1.54) is 6.42 Å². The van der Waals surface area contributed by atoms with E-state index in [9.17, 15) is 13.2 Å². The molecule has 1 heterocycles. The first-order valence-corrected chi connectivity index (χ1v) is 7.37. The van der Waals surface area contributed by atoms with Crippen molar-refractivity contribution in [3.63, 3.8) is 0 Å². The molecule has 0 radical (unpaired) electrons. The number of hydrogen-bond acceptors (Lipinski definition) is 2. The Bertz CT molecular complexity index is 283. The number of halogens is 3. The molecule has 1 saturated carbocycles. The van der Waals surface area contributed by atoms with Crippen molar-refractivity contribution in [3.05, 3.63) is 0 Å². The Morgan fingerprint density at radius 2 is 1.68 bits per heavy atom. The number of nitrogens with zero attached hydrogens (tertiary/aromatic N) is 1. The second-order valence-electron chi connectivity index (χ2n) is 6.51. The predicted molar refractivity (Wildman–Crippen MR) is 70.0 cm³/mol. The lowest BCUT2D eigenvalue weighted by Gasteiger charge is -2.39. The van der Waals surface area contributed by atoms with Crippen LogP contribution in [0, 0.1) is 17.8 Å². The molecule has 1 aliphatic heterocycles. The second-order valence-corrected chi connectivity index (χ2v) is 6.51. The smallest absolute Gasteiger partial charge is 0.315 e. The summed E-state index contributed by atoms with van der Waals surface area (Å²) in [5, 5.41) is 2.93. The van der Waals surface area contributed by atoms with E-state index in [-0.39, 0.29) is 13.1 Å². The van der Waals surface area contributed by atoms with Crippen molar-refractivity contribution in [3.8, 4) is 0 Å². The van der Waals surface area contributed by atoms with Gasteiger partial charge in [0.1, 0.15) is 0 Å². The molecule has 0 bridgehead atoms. The summed E-state index contributed by atoms with van der Waals surface area (Å²) in [7, 11) is 0. The highest BCUT2D eigenvalue weighted by Gasteiger charge is 2.42. The quantitative estimate of drug-likeness (QED) is 0.793. The van der Waals surface area contributed by atoms with E-state index in [1.54, 1.807) is 0 Å². The van der Waals surface area contributed by atoms with Crippen LogP contribution >= 0.6 is 0 Å². The Morgan fingerprint density at radius 1 is 1.05 bits per heavy atom. The minimum Gasteiger partial charge on any atom is -0.315 e. The first kappa shape index (κ1) is 15.1. The van der Waals surface area contributed by atoms with Crippen LogP contribution in [0.25, 0.3) is 0 Å². The molecular weight excluding hydrogens is 253 g/mol. The van der Waals surface area contributed by atoms with Crippen molar-refractivity contribution < 1.29 is 13.2 Å². The highest BCUT2D eigenvalue weighted by Crippen LogP contribution is 2.34. The number of rotatable bonds is 1. The Morgan fingerprint density at radius 3 is 2.26 bits per heavy atom. The molecule has 19 heavy (non-hydrogen) atoms. The summed E-state index contributed by atoms with van der Waals surface area (Å²) < 4.78 is 38.8. The third-order valence-corrected chi connectivity index (χ3v) is 4.55. The van der Waals surface area contributed by atoms with Crippen molar-refractivity contribution >= 4 is 0 Å². The summed E-state index contributed by atoms with van der Waals surface area (Å²) in [6, 6.07) is 0.337. The summed E-state index contributed by atoms with van der Waals surface area (Å²) >= 11 is 0. The van der Waals surface area contributed by atoms with Gasteiger partial charge in [0.2, 0.25) is 0 Å². The maximum atomic E-state index is 12.9.